The number of carbonyl (C=O) groups is 1. The van der Waals surface area contributed by atoms with Crippen LogP contribution in [0.25, 0.3) is 16.9 Å². The number of carboxylic acid groups (broad SMARTS) is 1. The van der Waals surface area contributed by atoms with Gasteiger partial charge in [0.1, 0.15) is 17.2 Å². The monoisotopic (exact) mass is 499 g/mol. The molecule has 34 heavy (non-hydrogen) atoms. The molecule has 0 saturated carbocycles. The highest BCUT2D eigenvalue weighted by Gasteiger charge is 2.28. The summed E-state index contributed by atoms with van der Waals surface area (Å²) in [6.07, 6.45) is 7.87. The Morgan fingerprint density at radius 3 is 2.82 bits per heavy atom. The lowest BCUT2D eigenvalue weighted by molar-refractivity contribution is 0.0695. The number of fused-ring (bicyclic) bond motifs is 1. The third-order valence-corrected chi connectivity index (χ3v) is 6.43. The number of pyridine rings is 2. The Morgan fingerprint density at radius 2 is 2.09 bits per heavy atom. The van der Waals surface area contributed by atoms with E-state index in [1.165, 1.54) is 12.3 Å². The summed E-state index contributed by atoms with van der Waals surface area (Å²) < 4.78 is 7.43. The summed E-state index contributed by atoms with van der Waals surface area (Å²) >= 11 is 12.8. The van der Waals surface area contributed by atoms with Gasteiger partial charge in [-0.15, -0.1) is 0 Å². The van der Waals surface area contributed by atoms with Crippen molar-refractivity contribution in [3.63, 3.8) is 0 Å². The summed E-state index contributed by atoms with van der Waals surface area (Å²) in [5.74, 6) is -0.572. The van der Waals surface area contributed by atoms with Gasteiger partial charge in [0.15, 0.2) is 0 Å². The maximum atomic E-state index is 12.9. The van der Waals surface area contributed by atoms with Crippen molar-refractivity contribution in [3.05, 3.63) is 74.9 Å². The van der Waals surface area contributed by atoms with Crippen LogP contribution in [0, 0.1) is 0 Å². The van der Waals surface area contributed by atoms with Gasteiger partial charge in [0.25, 0.3) is 0 Å². The van der Waals surface area contributed by atoms with Crippen molar-refractivity contribution in [3.8, 4) is 11.8 Å². The predicted molar refractivity (Wildman–Crippen MR) is 129 cm³/mol. The first-order valence-electron chi connectivity index (χ1n) is 10.6. The standard InChI is InChI=1S/C23H19Cl2N5O4/c24-16-4-1-5-26-21(16)34-12-13-3-2-8-29(13)19-10-18-14(9-17(19)25)20(31)15(22(32)33)11-30(18)23-27-6-7-28-23/h1,4-7,9-11,13H,2-3,8,12H2,(H,27,28)(H,32,33)/t13-/m1/s1. The molecule has 1 fully saturated rings. The molecule has 4 aromatic rings. The molecule has 1 saturated heterocycles. The van der Waals surface area contributed by atoms with Gasteiger partial charge in [-0.05, 0) is 37.1 Å². The number of halogens is 2. The lowest BCUT2D eigenvalue weighted by atomic mass is 10.1. The molecule has 9 nitrogen and oxygen atoms in total. The van der Waals surface area contributed by atoms with Gasteiger partial charge >= 0.3 is 5.97 Å². The average Bonchev–Trinajstić information content (AvgIpc) is 3.51. The highest BCUT2D eigenvalue weighted by atomic mass is 35.5. The zero-order valence-corrected chi connectivity index (χ0v) is 19.3. The van der Waals surface area contributed by atoms with E-state index in [9.17, 15) is 14.7 Å². The third kappa shape index (κ3) is 3.97. The van der Waals surface area contributed by atoms with E-state index in [1.807, 2.05) is 0 Å². The van der Waals surface area contributed by atoms with Gasteiger partial charge in [0.05, 0.1) is 22.3 Å². The van der Waals surface area contributed by atoms with E-state index >= 15 is 0 Å². The zero-order valence-electron chi connectivity index (χ0n) is 17.7. The van der Waals surface area contributed by atoms with E-state index in [0.717, 1.165) is 25.1 Å². The molecule has 1 aromatic carbocycles. The number of nitrogens with one attached hydrogen (secondary N) is 1. The molecule has 3 aromatic heterocycles. The molecule has 0 bridgehead atoms. The molecular weight excluding hydrogens is 481 g/mol. The summed E-state index contributed by atoms with van der Waals surface area (Å²) in [6, 6.07) is 6.77. The maximum Gasteiger partial charge on any atom is 0.341 e. The Kier molecular flexibility index (Phi) is 5.89. The van der Waals surface area contributed by atoms with E-state index < -0.39 is 11.4 Å². The summed E-state index contributed by atoms with van der Waals surface area (Å²) in [5.41, 5.74) is 0.233. The number of hydrogen-bond acceptors (Lipinski definition) is 6. The zero-order chi connectivity index (χ0) is 23.8. The fraction of sp³-hybridized carbons (Fsp3) is 0.217. The largest absolute Gasteiger partial charge is 0.477 e. The summed E-state index contributed by atoms with van der Waals surface area (Å²) in [5, 5.41) is 10.5. The quantitative estimate of drug-likeness (QED) is 0.409. The second kappa shape index (κ2) is 9.00. The van der Waals surface area contributed by atoms with Gasteiger partial charge in [-0.25, -0.2) is 14.8 Å². The highest BCUT2D eigenvalue weighted by Crippen LogP contribution is 2.35. The summed E-state index contributed by atoms with van der Waals surface area (Å²) in [4.78, 5) is 38.1. The minimum atomic E-state index is -1.32. The van der Waals surface area contributed by atoms with Gasteiger partial charge < -0.3 is 19.7 Å². The average molecular weight is 500 g/mol. The third-order valence-electron chi connectivity index (χ3n) is 5.84. The normalized spacial score (nSPS) is 15.7. The minimum absolute atomic E-state index is 0.00935. The first kappa shape index (κ1) is 22.2. The molecule has 11 heteroatoms. The molecule has 4 heterocycles. The number of aromatic carboxylic acids is 1. The lowest BCUT2D eigenvalue weighted by Crippen LogP contribution is -2.34. The number of nitrogens with zero attached hydrogens (tertiary/aromatic N) is 4. The molecule has 5 rings (SSSR count). The molecule has 174 valence electrons. The van der Waals surface area contributed by atoms with Crippen LogP contribution in [0.15, 0.2) is 53.8 Å². The van der Waals surface area contributed by atoms with Crippen molar-refractivity contribution in [2.45, 2.75) is 18.9 Å². The number of aromatic amines is 1. The van der Waals surface area contributed by atoms with E-state index in [-0.39, 0.29) is 17.0 Å². The van der Waals surface area contributed by atoms with Crippen LogP contribution in [0.2, 0.25) is 10.0 Å². The molecule has 0 spiro atoms. The van der Waals surface area contributed by atoms with Crippen molar-refractivity contribution in [1.29, 1.82) is 0 Å². The number of imidazole rings is 1. The van der Waals surface area contributed by atoms with Gasteiger partial charge in [0.2, 0.25) is 17.3 Å². The fourth-order valence-electron chi connectivity index (χ4n) is 4.25. The van der Waals surface area contributed by atoms with Crippen LogP contribution >= 0.6 is 23.2 Å². The van der Waals surface area contributed by atoms with Crippen LogP contribution in [-0.2, 0) is 0 Å². The molecular formula is C23H19Cl2N5O4. The maximum absolute atomic E-state index is 12.9. The molecule has 1 aliphatic rings. The molecule has 1 atom stereocenters. The summed E-state index contributed by atoms with van der Waals surface area (Å²) in [7, 11) is 0. The molecule has 0 radical (unpaired) electrons. The van der Waals surface area contributed by atoms with Crippen molar-refractivity contribution >= 4 is 45.8 Å². The van der Waals surface area contributed by atoms with E-state index in [0.29, 0.717) is 34.0 Å². The molecule has 0 aliphatic carbocycles. The smallest absolute Gasteiger partial charge is 0.341 e. The number of aromatic nitrogens is 4. The molecule has 0 amide bonds. The Balaban J connectivity index is 1.57. The Labute approximate surface area is 203 Å². The number of benzene rings is 1. The predicted octanol–water partition coefficient (Wildman–Crippen LogP) is 4.16. The number of H-pyrrole nitrogens is 1. The Bertz CT molecular complexity index is 1440. The van der Waals surface area contributed by atoms with Crippen molar-refractivity contribution in [2.75, 3.05) is 18.1 Å². The second-order valence-corrected chi connectivity index (χ2v) is 8.69. The first-order valence-corrected chi connectivity index (χ1v) is 11.3. The van der Waals surface area contributed by atoms with Gasteiger partial charge in [-0.1, -0.05) is 23.2 Å². The van der Waals surface area contributed by atoms with Crippen LogP contribution in [0.4, 0.5) is 5.69 Å². The number of anilines is 1. The van der Waals surface area contributed by atoms with Crippen molar-refractivity contribution in [2.24, 2.45) is 0 Å². The molecule has 2 N–H and O–H groups in total. The van der Waals surface area contributed by atoms with Gasteiger partial charge in [-0.3, -0.25) is 9.36 Å². The molecule has 0 unspecified atom stereocenters. The SMILES string of the molecule is O=C(O)c1cn(-c2ncc[nH]2)c2cc(N3CCC[C@@H]3COc3ncccc3Cl)c(Cl)cc2c1=O. The fourth-order valence-corrected chi connectivity index (χ4v) is 4.70. The topological polar surface area (TPSA) is 113 Å². The van der Waals surface area contributed by atoms with Crippen LogP contribution in [-0.4, -0.2) is 49.8 Å². The second-order valence-electron chi connectivity index (χ2n) is 7.87. The van der Waals surface area contributed by atoms with Crippen LogP contribution < -0.4 is 15.1 Å². The number of hydrogen-bond donors (Lipinski definition) is 2. The number of carboxylic acids is 1. The van der Waals surface area contributed by atoms with Crippen LogP contribution in [0.5, 0.6) is 5.88 Å². The van der Waals surface area contributed by atoms with E-state index in [4.69, 9.17) is 27.9 Å². The van der Waals surface area contributed by atoms with E-state index in [1.54, 1.807) is 41.4 Å². The number of ether oxygens (including phenoxy) is 1. The van der Waals surface area contributed by atoms with Crippen LogP contribution in [0.3, 0.4) is 0 Å². The van der Waals surface area contributed by atoms with E-state index in [2.05, 4.69) is 19.9 Å². The van der Waals surface area contributed by atoms with Crippen molar-refractivity contribution < 1.29 is 14.6 Å². The number of rotatable bonds is 6. The first-order chi connectivity index (χ1) is 16.4. The van der Waals surface area contributed by atoms with Crippen molar-refractivity contribution in [1.82, 2.24) is 19.5 Å². The Hall–Kier alpha value is -3.56. The minimum Gasteiger partial charge on any atom is -0.477 e. The Morgan fingerprint density at radius 1 is 1.24 bits per heavy atom. The van der Waals surface area contributed by atoms with Crippen LogP contribution in [0.1, 0.15) is 23.2 Å². The lowest BCUT2D eigenvalue weighted by Gasteiger charge is -2.28. The highest BCUT2D eigenvalue weighted by molar-refractivity contribution is 6.34. The van der Waals surface area contributed by atoms with Gasteiger partial charge in [0, 0.05) is 36.7 Å². The molecule has 1 aliphatic heterocycles. The summed E-state index contributed by atoms with van der Waals surface area (Å²) in [6.45, 7) is 1.10. The van der Waals surface area contributed by atoms with Gasteiger partial charge in [-0.2, -0.15) is 0 Å².